The fraction of sp³-hybridized carbons (Fsp3) is 0.440. The van der Waals surface area contributed by atoms with E-state index in [4.69, 9.17) is 0 Å². The van der Waals surface area contributed by atoms with Crippen molar-refractivity contribution in [1.29, 1.82) is 0 Å². The first-order valence-electron chi connectivity index (χ1n) is 10.4. The van der Waals surface area contributed by atoms with Crippen LogP contribution in [-0.4, -0.2) is 29.4 Å². The van der Waals surface area contributed by atoms with Crippen LogP contribution in [0.15, 0.2) is 35.3 Å². The van der Waals surface area contributed by atoms with Crippen molar-refractivity contribution in [3.05, 3.63) is 58.1 Å². The molecule has 0 amide bonds. The quantitative estimate of drug-likeness (QED) is 0.612. The van der Waals surface area contributed by atoms with E-state index in [-0.39, 0.29) is 5.54 Å². The van der Waals surface area contributed by atoms with E-state index in [1.807, 2.05) is 19.2 Å². The Hall–Kier alpha value is -2.62. The molecule has 0 radical (unpaired) electrons. The summed E-state index contributed by atoms with van der Waals surface area (Å²) in [5, 5.41) is 9.34. The normalized spacial score (nSPS) is 18.1. The number of anilines is 1. The van der Waals surface area contributed by atoms with Crippen molar-refractivity contribution >= 4 is 23.6 Å². The summed E-state index contributed by atoms with van der Waals surface area (Å²) >= 11 is 0. The second-order valence-corrected chi connectivity index (χ2v) is 8.85. The first-order chi connectivity index (χ1) is 13.7. The lowest BCUT2D eigenvalue weighted by Gasteiger charge is -2.48. The summed E-state index contributed by atoms with van der Waals surface area (Å²) in [4.78, 5) is 18.6. The number of fused-ring (bicyclic) bond motifs is 1. The average Bonchev–Trinajstić information content (AvgIpc) is 2.64. The molecular formula is C25H32N2O2. The highest BCUT2D eigenvalue weighted by molar-refractivity contribution is 5.92. The van der Waals surface area contributed by atoms with E-state index in [2.05, 4.69) is 56.6 Å². The average molecular weight is 393 g/mol. The van der Waals surface area contributed by atoms with Gasteiger partial charge in [0.1, 0.15) is 0 Å². The minimum atomic E-state index is -0.919. The van der Waals surface area contributed by atoms with E-state index < -0.39 is 5.97 Å². The van der Waals surface area contributed by atoms with Crippen LogP contribution in [0.25, 0.3) is 0 Å². The summed E-state index contributed by atoms with van der Waals surface area (Å²) in [5.41, 5.74) is 6.83. The van der Waals surface area contributed by atoms with Crippen molar-refractivity contribution in [2.45, 2.75) is 65.8 Å². The van der Waals surface area contributed by atoms with Gasteiger partial charge in [-0.05, 0) is 93.0 Å². The lowest BCUT2D eigenvalue weighted by molar-refractivity contribution is 0.0696. The Morgan fingerprint density at radius 1 is 1.31 bits per heavy atom. The molecule has 4 nitrogen and oxygen atoms in total. The third-order valence-electron chi connectivity index (χ3n) is 6.10. The second-order valence-electron chi connectivity index (χ2n) is 8.85. The van der Waals surface area contributed by atoms with Crippen molar-refractivity contribution in [2.75, 3.05) is 11.4 Å². The Kier molecular flexibility index (Phi) is 5.83. The number of aryl methyl sites for hydroxylation is 1. The summed E-state index contributed by atoms with van der Waals surface area (Å²) < 4.78 is 0. The fourth-order valence-corrected chi connectivity index (χ4v) is 4.57. The molecule has 1 atom stereocenters. The number of carboxylic acid groups (broad SMARTS) is 1. The molecule has 1 heterocycles. The van der Waals surface area contributed by atoms with Gasteiger partial charge in [-0.2, -0.15) is 0 Å². The summed E-state index contributed by atoms with van der Waals surface area (Å²) in [6, 6.07) is 9.79. The van der Waals surface area contributed by atoms with E-state index in [0.29, 0.717) is 22.7 Å². The van der Waals surface area contributed by atoms with Crippen molar-refractivity contribution < 1.29 is 9.90 Å². The summed E-state index contributed by atoms with van der Waals surface area (Å²) in [7, 11) is 0. The molecule has 1 aliphatic rings. The topological polar surface area (TPSA) is 52.9 Å². The molecule has 0 fully saturated rings. The number of hydrogen-bond acceptors (Lipinski definition) is 3. The summed E-state index contributed by atoms with van der Waals surface area (Å²) in [6.07, 6.45) is 4.12. The van der Waals surface area contributed by atoms with E-state index in [1.54, 1.807) is 12.1 Å². The van der Waals surface area contributed by atoms with E-state index >= 15 is 0 Å². The number of nitrogens with zero attached hydrogens (tertiary/aromatic N) is 2. The molecule has 1 unspecified atom stereocenters. The zero-order valence-corrected chi connectivity index (χ0v) is 18.4. The van der Waals surface area contributed by atoms with Crippen LogP contribution in [0.4, 0.5) is 11.4 Å². The number of rotatable bonds is 5. The molecular weight excluding hydrogens is 360 g/mol. The standard InChI is InChI=1S/C25H32N2O2/c1-7-11-27-23-12-16(2)19(13-21(23)17(3)14-25(27,5)6)15-26-22-10-8-9-20(18(22)4)24(28)29/h8-10,12-13,15,17H,7,11,14H2,1-6H3,(H,28,29). The van der Waals surface area contributed by atoms with Crippen LogP contribution in [0.5, 0.6) is 0 Å². The molecule has 154 valence electrons. The molecule has 29 heavy (non-hydrogen) atoms. The molecule has 1 N–H and O–H groups in total. The Bertz CT molecular complexity index is 960. The maximum absolute atomic E-state index is 11.4. The lowest BCUT2D eigenvalue weighted by Crippen LogP contribution is -2.48. The van der Waals surface area contributed by atoms with Gasteiger partial charge in [-0.1, -0.05) is 19.9 Å². The Morgan fingerprint density at radius 3 is 2.69 bits per heavy atom. The molecule has 2 aromatic carbocycles. The van der Waals surface area contributed by atoms with Crippen LogP contribution in [-0.2, 0) is 0 Å². The van der Waals surface area contributed by atoms with Gasteiger partial charge in [0.2, 0.25) is 0 Å². The van der Waals surface area contributed by atoms with E-state index in [0.717, 1.165) is 24.9 Å². The maximum Gasteiger partial charge on any atom is 0.336 e. The molecule has 0 spiro atoms. The van der Waals surface area contributed by atoms with Gasteiger partial charge < -0.3 is 10.0 Å². The second kappa shape index (κ2) is 8.02. The van der Waals surface area contributed by atoms with Crippen LogP contribution < -0.4 is 4.90 Å². The number of carbonyl (C=O) groups is 1. The minimum Gasteiger partial charge on any atom is -0.478 e. The molecule has 2 aromatic rings. The zero-order chi connectivity index (χ0) is 21.3. The summed E-state index contributed by atoms with van der Waals surface area (Å²) in [6.45, 7) is 14.2. The van der Waals surface area contributed by atoms with Crippen LogP contribution in [0.2, 0.25) is 0 Å². The van der Waals surface area contributed by atoms with Crippen molar-refractivity contribution in [2.24, 2.45) is 4.99 Å². The molecule has 4 heteroatoms. The van der Waals surface area contributed by atoms with Gasteiger partial charge >= 0.3 is 5.97 Å². The Balaban J connectivity index is 2.02. The minimum absolute atomic E-state index is 0.152. The van der Waals surface area contributed by atoms with Gasteiger partial charge in [0, 0.05) is 24.0 Å². The smallest absolute Gasteiger partial charge is 0.336 e. The SMILES string of the molecule is CCCN1c2cc(C)c(C=Nc3cccc(C(=O)O)c3C)cc2C(C)CC1(C)C. The van der Waals surface area contributed by atoms with Gasteiger partial charge in [-0.3, -0.25) is 4.99 Å². The number of aromatic carboxylic acids is 1. The fourth-order valence-electron chi connectivity index (χ4n) is 4.57. The third kappa shape index (κ3) is 4.07. The Morgan fingerprint density at radius 2 is 2.03 bits per heavy atom. The number of benzene rings is 2. The van der Waals surface area contributed by atoms with Gasteiger partial charge in [-0.25, -0.2) is 4.79 Å². The Labute approximate surface area is 174 Å². The first kappa shape index (κ1) is 21.1. The maximum atomic E-state index is 11.4. The highest BCUT2D eigenvalue weighted by Crippen LogP contribution is 2.44. The molecule has 3 rings (SSSR count). The highest BCUT2D eigenvalue weighted by atomic mass is 16.4. The van der Waals surface area contributed by atoms with E-state index in [1.165, 1.54) is 16.8 Å². The van der Waals surface area contributed by atoms with E-state index in [9.17, 15) is 9.90 Å². The molecule has 1 aliphatic heterocycles. The van der Waals surface area contributed by atoms with Gasteiger partial charge in [0.15, 0.2) is 0 Å². The van der Waals surface area contributed by atoms with Crippen LogP contribution in [0.3, 0.4) is 0 Å². The molecule has 0 saturated heterocycles. The van der Waals surface area contributed by atoms with Gasteiger partial charge in [0.05, 0.1) is 11.3 Å². The molecule has 0 bridgehead atoms. The first-order valence-corrected chi connectivity index (χ1v) is 10.4. The monoisotopic (exact) mass is 392 g/mol. The highest BCUT2D eigenvalue weighted by Gasteiger charge is 2.36. The van der Waals surface area contributed by atoms with Gasteiger partial charge in [0.25, 0.3) is 0 Å². The zero-order valence-electron chi connectivity index (χ0n) is 18.4. The molecule has 0 saturated carbocycles. The molecule has 0 aliphatic carbocycles. The third-order valence-corrected chi connectivity index (χ3v) is 6.10. The number of aliphatic imine (C=N–C) groups is 1. The largest absolute Gasteiger partial charge is 0.478 e. The van der Waals surface area contributed by atoms with Crippen LogP contribution in [0, 0.1) is 13.8 Å². The predicted octanol–water partition coefficient (Wildman–Crippen LogP) is 6.25. The number of carboxylic acids is 1. The number of hydrogen-bond donors (Lipinski definition) is 1. The van der Waals surface area contributed by atoms with Crippen molar-refractivity contribution in [3.8, 4) is 0 Å². The summed E-state index contributed by atoms with van der Waals surface area (Å²) in [5.74, 6) is -0.435. The van der Waals surface area contributed by atoms with Crippen molar-refractivity contribution in [1.82, 2.24) is 0 Å². The van der Waals surface area contributed by atoms with Crippen LogP contribution >= 0.6 is 0 Å². The van der Waals surface area contributed by atoms with Crippen molar-refractivity contribution in [3.63, 3.8) is 0 Å². The lowest BCUT2D eigenvalue weighted by atomic mass is 9.79. The van der Waals surface area contributed by atoms with Gasteiger partial charge in [-0.15, -0.1) is 0 Å². The predicted molar refractivity (Wildman–Crippen MR) is 121 cm³/mol. The van der Waals surface area contributed by atoms with Crippen LogP contribution in [0.1, 0.15) is 79.1 Å². The molecule has 0 aromatic heterocycles.